The number of rotatable bonds is 3. The molecule has 108 valence electrons. The number of nitrogens with one attached hydrogen (secondary N) is 1. The molecule has 0 spiro atoms. The third kappa shape index (κ3) is 3.57. The van der Waals surface area contributed by atoms with E-state index in [9.17, 15) is 9.59 Å². The summed E-state index contributed by atoms with van der Waals surface area (Å²) in [5.41, 5.74) is 2.80. The Morgan fingerprint density at radius 2 is 1.90 bits per heavy atom. The zero-order valence-electron chi connectivity index (χ0n) is 11.9. The minimum atomic E-state index is -0.213. The highest BCUT2D eigenvalue weighted by Crippen LogP contribution is 2.09. The van der Waals surface area contributed by atoms with Crippen LogP contribution in [-0.4, -0.2) is 49.6 Å². The summed E-state index contributed by atoms with van der Waals surface area (Å²) in [6, 6.07) is 5.52. The largest absolute Gasteiger partial charge is 0.378 e. The van der Waals surface area contributed by atoms with Crippen LogP contribution in [0.15, 0.2) is 18.2 Å². The van der Waals surface area contributed by atoms with Crippen LogP contribution in [-0.2, 0) is 9.53 Å². The fraction of sp³-hybridized carbons (Fsp3) is 0.467. The van der Waals surface area contributed by atoms with E-state index in [1.807, 2.05) is 26.0 Å². The molecule has 0 radical (unpaired) electrons. The molecule has 1 fully saturated rings. The maximum atomic E-state index is 12.0. The minimum Gasteiger partial charge on any atom is -0.378 e. The lowest BCUT2D eigenvalue weighted by Gasteiger charge is -2.26. The number of benzene rings is 1. The molecule has 0 aromatic heterocycles. The van der Waals surface area contributed by atoms with Crippen LogP contribution in [0.1, 0.15) is 21.5 Å². The third-order valence-electron chi connectivity index (χ3n) is 3.53. The van der Waals surface area contributed by atoms with Crippen molar-refractivity contribution >= 4 is 11.8 Å². The fourth-order valence-electron chi connectivity index (χ4n) is 2.07. The van der Waals surface area contributed by atoms with Crippen LogP contribution in [0.2, 0.25) is 0 Å². The molecule has 5 heteroatoms. The van der Waals surface area contributed by atoms with Gasteiger partial charge in [0, 0.05) is 18.7 Å². The Morgan fingerprint density at radius 1 is 1.20 bits per heavy atom. The fourth-order valence-corrected chi connectivity index (χ4v) is 2.07. The SMILES string of the molecule is Cc1ccc(C(=O)NCC(=O)N2CCOCC2)cc1C. The van der Waals surface area contributed by atoms with Gasteiger partial charge in [-0.2, -0.15) is 0 Å². The summed E-state index contributed by atoms with van der Waals surface area (Å²) in [4.78, 5) is 25.6. The maximum Gasteiger partial charge on any atom is 0.251 e. The van der Waals surface area contributed by atoms with Crippen molar-refractivity contribution < 1.29 is 14.3 Å². The first kappa shape index (κ1) is 14.5. The monoisotopic (exact) mass is 276 g/mol. The van der Waals surface area contributed by atoms with Crippen molar-refractivity contribution in [3.8, 4) is 0 Å². The normalized spacial score (nSPS) is 15.0. The number of amides is 2. The molecule has 0 bridgehead atoms. The number of nitrogens with zero attached hydrogens (tertiary/aromatic N) is 1. The minimum absolute atomic E-state index is 0.0335. The van der Waals surface area contributed by atoms with Gasteiger partial charge in [0.25, 0.3) is 5.91 Å². The number of ether oxygens (including phenoxy) is 1. The van der Waals surface area contributed by atoms with Gasteiger partial charge in [0.1, 0.15) is 0 Å². The molecule has 1 aromatic rings. The van der Waals surface area contributed by atoms with Gasteiger partial charge in [0.05, 0.1) is 19.8 Å². The highest BCUT2D eigenvalue weighted by Gasteiger charge is 2.17. The quantitative estimate of drug-likeness (QED) is 0.892. The molecular formula is C15H20N2O3. The number of hydrogen-bond acceptors (Lipinski definition) is 3. The smallest absolute Gasteiger partial charge is 0.251 e. The molecule has 1 heterocycles. The van der Waals surface area contributed by atoms with Gasteiger partial charge >= 0.3 is 0 Å². The van der Waals surface area contributed by atoms with Crippen LogP contribution in [0.4, 0.5) is 0 Å². The summed E-state index contributed by atoms with van der Waals surface area (Å²) in [6.07, 6.45) is 0. The van der Waals surface area contributed by atoms with Crippen LogP contribution in [0.25, 0.3) is 0 Å². The van der Waals surface area contributed by atoms with Gasteiger partial charge in [0.2, 0.25) is 5.91 Å². The molecule has 1 saturated heterocycles. The number of hydrogen-bond donors (Lipinski definition) is 1. The van der Waals surface area contributed by atoms with Crippen LogP contribution in [0.5, 0.6) is 0 Å². The average molecular weight is 276 g/mol. The van der Waals surface area contributed by atoms with E-state index in [1.165, 1.54) is 0 Å². The summed E-state index contributed by atoms with van der Waals surface area (Å²) in [5, 5.41) is 2.67. The number of aryl methyl sites for hydroxylation is 2. The second-order valence-corrected chi connectivity index (χ2v) is 4.97. The van der Waals surface area contributed by atoms with Crippen LogP contribution in [0, 0.1) is 13.8 Å². The van der Waals surface area contributed by atoms with Gasteiger partial charge in [-0.25, -0.2) is 0 Å². The summed E-state index contributed by atoms with van der Waals surface area (Å²) in [5.74, 6) is -0.278. The van der Waals surface area contributed by atoms with Crippen molar-refractivity contribution in [1.29, 1.82) is 0 Å². The summed E-state index contributed by atoms with van der Waals surface area (Å²) in [7, 11) is 0. The van der Waals surface area contributed by atoms with Gasteiger partial charge in [0.15, 0.2) is 0 Å². The predicted octanol–water partition coefficient (Wildman–Crippen LogP) is 0.892. The summed E-state index contributed by atoms with van der Waals surface area (Å²) in [6.45, 7) is 6.32. The number of carbonyl (C=O) groups is 2. The van der Waals surface area contributed by atoms with Crippen molar-refractivity contribution in [1.82, 2.24) is 10.2 Å². The van der Waals surface area contributed by atoms with E-state index in [1.54, 1.807) is 11.0 Å². The van der Waals surface area contributed by atoms with E-state index in [0.29, 0.717) is 31.9 Å². The second kappa shape index (κ2) is 6.52. The first-order chi connectivity index (χ1) is 9.58. The average Bonchev–Trinajstić information content (AvgIpc) is 2.48. The Bertz CT molecular complexity index is 508. The Balaban J connectivity index is 1.88. The lowest BCUT2D eigenvalue weighted by Crippen LogP contribution is -2.45. The lowest BCUT2D eigenvalue weighted by atomic mass is 10.1. The third-order valence-corrected chi connectivity index (χ3v) is 3.53. The second-order valence-electron chi connectivity index (χ2n) is 4.97. The molecule has 0 aliphatic carbocycles. The van der Waals surface area contributed by atoms with Gasteiger partial charge < -0.3 is 15.0 Å². The number of carbonyl (C=O) groups excluding carboxylic acids is 2. The van der Waals surface area contributed by atoms with Gasteiger partial charge in [-0.1, -0.05) is 6.07 Å². The molecule has 2 rings (SSSR count). The van der Waals surface area contributed by atoms with E-state index >= 15 is 0 Å². The molecule has 1 aliphatic rings. The van der Waals surface area contributed by atoms with Gasteiger partial charge in [-0.15, -0.1) is 0 Å². The van der Waals surface area contributed by atoms with E-state index in [-0.39, 0.29) is 18.4 Å². The first-order valence-corrected chi connectivity index (χ1v) is 6.79. The molecule has 20 heavy (non-hydrogen) atoms. The molecule has 1 aromatic carbocycles. The molecule has 1 aliphatic heterocycles. The van der Waals surface area contributed by atoms with E-state index in [2.05, 4.69) is 5.32 Å². The Hall–Kier alpha value is -1.88. The molecule has 0 atom stereocenters. The highest BCUT2D eigenvalue weighted by molar-refractivity contribution is 5.96. The van der Waals surface area contributed by atoms with E-state index < -0.39 is 0 Å². The van der Waals surface area contributed by atoms with Crippen molar-refractivity contribution in [2.24, 2.45) is 0 Å². The predicted molar refractivity (Wildman–Crippen MR) is 75.6 cm³/mol. The van der Waals surface area contributed by atoms with E-state index in [4.69, 9.17) is 4.74 Å². The molecule has 5 nitrogen and oxygen atoms in total. The Morgan fingerprint density at radius 3 is 2.55 bits per heavy atom. The maximum absolute atomic E-state index is 12.0. The topological polar surface area (TPSA) is 58.6 Å². The zero-order chi connectivity index (χ0) is 14.5. The van der Waals surface area contributed by atoms with Crippen LogP contribution >= 0.6 is 0 Å². The van der Waals surface area contributed by atoms with Crippen molar-refractivity contribution in [2.75, 3.05) is 32.8 Å². The molecule has 0 saturated carbocycles. The van der Waals surface area contributed by atoms with Gasteiger partial charge in [-0.05, 0) is 37.1 Å². The first-order valence-electron chi connectivity index (χ1n) is 6.79. The van der Waals surface area contributed by atoms with Crippen molar-refractivity contribution in [2.45, 2.75) is 13.8 Å². The van der Waals surface area contributed by atoms with Gasteiger partial charge in [-0.3, -0.25) is 9.59 Å². The highest BCUT2D eigenvalue weighted by atomic mass is 16.5. The molecule has 1 N–H and O–H groups in total. The Labute approximate surface area is 118 Å². The van der Waals surface area contributed by atoms with Crippen molar-refractivity contribution in [3.05, 3.63) is 34.9 Å². The molecular weight excluding hydrogens is 256 g/mol. The molecule has 0 unspecified atom stereocenters. The molecule has 2 amide bonds. The van der Waals surface area contributed by atoms with Crippen molar-refractivity contribution in [3.63, 3.8) is 0 Å². The number of morpholine rings is 1. The van der Waals surface area contributed by atoms with Crippen LogP contribution < -0.4 is 5.32 Å². The van der Waals surface area contributed by atoms with E-state index in [0.717, 1.165) is 11.1 Å². The summed E-state index contributed by atoms with van der Waals surface area (Å²) < 4.78 is 5.19. The Kier molecular flexibility index (Phi) is 4.74. The zero-order valence-corrected chi connectivity index (χ0v) is 11.9. The van der Waals surface area contributed by atoms with Crippen LogP contribution in [0.3, 0.4) is 0 Å². The lowest BCUT2D eigenvalue weighted by molar-refractivity contribution is -0.134. The standard InChI is InChI=1S/C15H20N2O3/c1-11-3-4-13(9-12(11)2)15(19)16-10-14(18)17-5-7-20-8-6-17/h3-4,9H,5-8,10H2,1-2H3,(H,16,19). The summed E-state index contributed by atoms with van der Waals surface area (Å²) >= 11 is 0.